The van der Waals surface area contributed by atoms with E-state index in [-0.39, 0.29) is 6.61 Å². The van der Waals surface area contributed by atoms with Gasteiger partial charge in [-0.05, 0) is 35.9 Å². The first-order valence-corrected chi connectivity index (χ1v) is 7.32. The molecule has 0 atom stereocenters. The molecule has 2 rings (SSSR count). The van der Waals surface area contributed by atoms with Crippen LogP contribution in [0, 0.1) is 0 Å². The Labute approximate surface area is 140 Å². The molecule has 4 nitrogen and oxygen atoms in total. The van der Waals surface area contributed by atoms with Crippen LogP contribution in [0.4, 0.5) is 0 Å². The van der Waals surface area contributed by atoms with Gasteiger partial charge >= 0.3 is 5.97 Å². The number of hydrogen-bond donors (Lipinski definition) is 0. The number of esters is 1. The van der Waals surface area contributed by atoms with Crippen molar-refractivity contribution in [1.29, 1.82) is 0 Å². The van der Waals surface area contributed by atoms with Gasteiger partial charge in [0.1, 0.15) is 18.1 Å². The van der Waals surface area contributed by atoms with E-state index in [1.807, 2.05) is 18.2 Å². The molecule has 0 aliphatic carbocycles. The molecule has 2 aromatic carbocycles. The Balaban J connectivity index is 2.00. The van der Waals surface area contributed by atoms with Gasteiger partial charge in [0.2, 0.25) is 0 Å². The highest BCUT2D eigenvalue weighted by Gasteiger charge is 2.07. The van der Waals surface area contributed by atoms with Gasteiger partial charge in [0.15, 0.2) is 0 Å². The van der Waals surface area contributed by atoms with Crippen molar-refractivity contribution in [2.24, 2.45) is 0 Å². The van der Waals surface area contributed by atoms with Crippen molar-refractivity contribution in [1.82, 2.24) is 0 Å². The number of methoxy groups -OCH3 is 2. The van der Waals surface area contributed by atoms with Gasteiger partial charge in [0, 0.05) is 16.7 Å². The van der Waals surface area contributed by atoms with Crippen molar-refractivity contribution in [2.75, 3.05) is 14.2 Å². The van der Waals surface area contributed by atoms with Crippen LogP contribution in [0.15, 0.2) is 48.5 Å². The van der Waals surface area contributed by atoms with Crippen LogP contribution in [0.5, 0.6) is 11.5 Å². The van der Waals surface area contributed by atoms with E-state index >= 15 is 0 Å². The van der Waals surface area contributed by atoms with Crippen LogP contribution in [0.3, 0.4) is 0 Å². The summed E-state index contributed by atoms with van der Waals surface area (Å²) in [5, 5.41) is 0.575. The van der Waals surface area contributed by atoms with E-state index in [0.717, 1.165) is 11.1 Å². The highest BCUT2D eigenvalue weighted by Crippen LogP contribution is 2.24. The van der Waals surface area contributed by atoms with E-state index in [9.17, 15) is 4.79 Å². The maximum absolute atomic E-state index is 11.8. The van der Waals surface area contributed by atoms with Crippen LogP contribution in [-0.4, -0.2) is 20.2 Å². The van der Waals surface area contributed by atoms with Crippen molar-refractivity contribution in [3.05, 3.63) is 64.7 Å². The lowest BCUT2D eigenvalue weighted by Crippen LogP contribution is -2.02. The molecular weight excluding hydrogens is 316 g/mol. The fraction of sp³-hybridized carbons (Fsp3) is 0.167. The second-order valence-corrected chi connectivity index (χ2v) is 5.05. The summed E-state index contributed by atoms with van der Waals surface area (Å²) in [7, 11) is 3.13. The summed E-state index contributed by atoms with van der Waals surface area (Å²) in [6.07, 6.45) is 2.96. The smallest absolute Gasteiger partial charge is 0.331 e. The Bertz CT molecular complexity index is 710. The van der Waals surface area contributed by atoms with Crippen LogP contribution in [0.25, 0.3) is 6.08 Å². The predicted octanol–water partition coefficient (Wildman–Crippen LogP) is 4.11. The van der Waals surface area contributed by atoms with Crippen LogP contribution in [-0.2, 0) is 16.1 Å². The molecule has 5 heteroatoms. The van der Waals surface area contributed by atoms with E-state index in [1.165, 1.54) is 6.08 Å². The Hall–Kier alpha value is -2.46. The molecule has 0 heterocycles. The molecule has 0 spiro atoms. The maximum Gasteiger partial charge on any atom is 0.331 e. The molecule has 0 saturated heterocycles. The number of benzene rings is 2. The second kappa shape index (κ2) is 8.25. The molecule has 0 fully saturated rings. The van der Waals surface area contributed by atoms with Gasteiger partial charge in [-0.15, -0.1) is 0 Å². The summed E-state index contributed by atoms with van der Waals surface area (Å²) in [6.45, 7) is 0.0894. The van der Waals surface area contributed by atoms with E-state index in [4.69, 9.17) is 25.8 Å². The third-order valence-electron chi connectivity index (χ3n) is 3.16. The number of ether oxygens (including phenoxy) is 3. The SMILES string of the molecule is COc1ccc(OC)c(COC(=O)/C=C/c2ccccc2Cl)c1. The third-order valence-corrected chi connectivity index (χ3v) is 3.51. The van der Waals surface area contributed by atoms with Crippen LogP contribution in [0.2, 0.25) is 5.02 Å². The van der Waals surface area contributed by atoms with Gasteiger partial charge in [0.25, 0.3) is 0 Å². The van der Waals surface area contributed by atoms with Crippen molar-refractivity contribution in [3.8, 4) is 11.5 Å². The first kappa shape index (κ1) is 16.9. The molecule has 2 aromatic rings. The lowest BCUT2D eigenvalue weighted by atomic mass is 10.2. The number of halogens is 1. The quantitative estimate of drug-likeness (QED) is 0.590. The lowest BCUT2D eigenvalue weighted by Gasteiger charge is -2.10. The van der Waals surface area contributed by atoms with Crippen LogP contribution >= 0.6 is 11.6 Å². The number of carbonyl (C=O) groups is 1. The van der Waals surface area contributed by atoms with Gasteiger partial charge < -0.3 is 14.2 Å². The Kier molecular flexibility index (Phi) is 6.06. The van der Waals surface area contributed by atoms with Gasteiger partial charge in [0.05, 0.1) is 14.2 Å². The first-order chi connectivity index (χ1) is 11.1. The summed E-state index contributed by atoms with van der Waals surface area (Å²) >= 11 is 6.02. The molecule has 0 saturated carbocycles. The number of hydrogen-bond acceptors (Lipinski definition) is 4. The molecule has 120 valence electrons. The van der Waals surface area contributed by atoms with Gasteiger partial charge in [-0.3, -0.25) is 0 Å². The van der Waals surface area contributed by atoms with Gasteiger partial charge in [-0.25, -0.2) is 4.79 Å². The minimum absolute atomic E-state index is 0.0894. The fourth-order valence-corrected chi connectivity index (χ4v) is 2.16. The maximum atomic E-state index is 11.8. The molecule has 0 radical (unpaired) electrons. The summed E-state index contributed by atoms with van der Waals surface area (Å²) in [4.78, 5) is 11.8. The molecule has 0 N–H and O–H groups in total. The minimum Gasteiger partial charge on any atom is -0.497 e. The Morgan fingerprint density at radius 2 is 1.91 bits per heavy atom. The zero-order chi connectivity index (χ0) is 16.7. The molecule has 0 amide bonds. The topological polar surface area (TPSA) is 44.8 Å². The molecule has 0 aromatic heterocycles. The van der Waals surface area contributed by atoms with Crippen molar-refractivity contribution < 1.29 is 19.0 Å². The van der Waals surface area contributed by atoms with E-state index in [1.54, 1.807) is 44.6 Å². The highest BCUT2D eigenvalue weighted by molar-refractivity contribution is 6.32. The van der Waals surface area contributed by atoms with E-state index in [2.05, 4.69) is 0 Å². The van der Waals surface area contributed by atoms with Gasteiger partial charge in [-0.1, -0.05) is 29.8 Å². The first-order valence-electron chi connectivity index (χ1n) is 6.94. The zero-order valence-corrected chi connectivity index (χ0v) is 13.7. The number of rotatable bonds is 6. The summed E-state index contributed by atoms with van der Waals surface area (Å²) in [5.74, 6) is 0.840. The van der Waals surface area contributed by atoms with E-state index < -0.39 is 5.97 Å². The molecule has 0 unspecified atom stereocenters. The largest absolute Gasteiger partial charge is 0.497 e. The predicted molar refractivity (Wildman–Crippen MR) is 89.8 cm³/mol. The van der Waals surface area contributed by atoms with Crippen LogP contribution in [0.1, 0.15) is 11.1 Å². The van der Waals surface area contributed by atoms with Crippen molar-refractivity contribution in [2.45, 2.75) is 6.61 Å². The van der Waals surface area contributed by atoms with E-state index in [0.29, 0.717) is 16.5 Å². The normalized spacial score (nSPS) is 10.6. The molecule has 23 heavy (non-hydrogen) atoms. The van der Waals surface area contributed by atoms with Crippen molar-refractivity contribution in [3.63, 3.8) is 0 Å². The van der Waals surface area contributed by atoms with Gasteiger partial charge in [-0.2, -0.15) is 0 Å². The molecule has 0 aliphatic rings. The standard InChI is InChI=1S/C18H17ClO4/c1-21-15-8-9-17(22-2)14(11-15)12-23-18(20)10-7-13-5-3-4-6-16(13)19/h3-11H,12H2,1-2H3/b10-7+. The summed E-state index contributed by atoms with van der Waals surface area (Å²) < 4.78 is 15.6. The molecule has 0 bridgehead atoms. The molecule has 0 aliphatic heterocycles. The Morgan fingerprint density at radius 1 is 1.13 bits per heavy atom. The fourth-order valence-electron chi connectivity index (χ4n) is 1.96. The third kappa shape index (κ3) is 4.76. The summed E-state index contributed by atoms with van der Waals surface area (Å²) in [5.41, 5.74) is 1.48. The minimum atomic E-state index is -0.463. The highest BCUT2D eigenvalue weighted by atomic mass is 35.5. The molecular formula is C18H17ClO4. The summed E-state index contributed by atoms with van der Waals surface area (Å²) in [6, 6.07) is 12.6. The Morgan fingerprint density at radius 3 is 2.61 bits per heavy atom. The average Bonchev–Trinajstić information content (AvgIpc) is 2.58. The average molecular weight is 333 g/mol. The number of carbonyl (C=O) groups excluding carboxylic acids is 1. The second-order valence-electron chi connectivity index (χ2n) is 4.64. The lowest BCUT2D eigenvalue weighted by molar-refractivity contribution is -0.138. The monoisotopic (exact) mass is 332 g/mol. The van der Waals surface area contributed by atoms with Crippen molar-refractivity contribution >= 4 is 23.6 Å². The zero-order valence-electron chi connectivity index (χ0n) is 12.9. The van der Waals surface area contributed by atoms with Crippen LogP contribution < -0.4 is 9.47 Å².